The van der Waals surface area contributed by atoms with Gasteiger partial charge in [-0.2, -0.15) is 4.98 Å². The minimum Gasteiger partial charge on any atom is -0.343 e. The van der Waals surface area contributed by atoms with Crippen molar-refractivity contribution < 1.29 is 9.32 Å². The van der Waals surface area contributed by atoms with Crippen molar-refractivity contribution in [2.24, 2.45) is 5.84 Å². The number of nitrogens with zero attached hydrogens (tertiary/aromatic N) is 3. The quantitative estimate of drug-likeness (QED) is 0.490. The second-order valence-corrected chi connectivity index (χ2v) is 3.11. The molecule has 2 aromatic rings. The van der Waals surface area contributed by atoms with Gasteiger partial charge in [-0.15, -0.1) is 0 Å². The lowest BCUT2D eigenvalue weighted by atomic mass is 10.3. The third kappa shape index (κ3) is 2.75. The van der Waals surface area contributed by atoms with Gasteiger partial charge in [0, 0.05) is 0 Å². The van der Waals surface area contributed by atoms with Crippen LogP contribution >= 0.6 is 0 Å². The summed E-state index contributed by atoms with van der Waals surface area (Å²) in [5, 5.41) is 6.16. The minimum atomic E-state index is -0.321. The van der Waals surface area contributed by atoms with E-state index in [1.807, 2.05) is 0 Å². The van der Waals surface area contributed by atoms with Crippen LogP contribution in [0.2, 0.25) is 0 Å². The fourth-order valence-electron chi connectivity index (χ4n) is 1.13. The fourth-order valence-corrected chi connectivity index (χ4v) is 1.13. The topological polar surface area (TPSA) is 119 Å². The number of nitrogen functional groups attached to an aromatic ring is 1. The molecule has 0 aliphatic rings. The Kier molecular flexibility index (Phi) is 3.26. The smallest absolute Gasteiger partial charge is 0.270 e. The predicted octanol–water partition coefficient (Wildman–Crippen LogP) is -0.320. The summed E-state index contributed by atoms with van der Waals surface area (Å²) >= 11 is 0. The highest BCUT2D eigenvalue weighted by Gasteiger charge is 2.07. The number of pyridine rings is 1. The van der Waals surface area contributed by atoms with Crippen molar-refractivity contribution in [1.82, 2.24) is 20.4 Å². The van der Waals surface area contributed by atoms with E-state index >= 15 is 0 Å². The Morgan fingerprint density at radius 3 is 2.88 bits per heavy atom. The lowest BCUT2D eigenvalue weighted by Crippen LogP contribution is -2.24. The van der Waals surface area contributed by atoms with Crippen LogP contribution in [0.5, 0.6) is 0 Å². The summed E-state index contributed by atoms with van der Waals surface area (Å²) in [4.78, 5) is 19.3. The van der Waals surface area contributed by atoms with Crippen molar-refractivity contribution in [3.05, 3.63) is 36.2 Å². The van der Waals surface area contributed by atoms with Crippen molar-refractivity contribution in [1.29, 1.82) is 0 Å². The Labute approximate surface area is 96.2 Å². The molecule has 0 fully saturated rings. The molecule has 0 aliphatic carbocycles. The van der Waals surface area contributed by atoms with E-state index in [9.17, 15) is 4.79 Å². The monoisotopic (exact) mass is 234 g/mol. The maximum Gasteiger partial charge on any atom is 0.270 e. The highest BCUT2D eigenvalue weighted by molar-refractivity contribution is 5.92. The fraction of sp³-hybridized carbons (Fsp3) is 0.111. The summed E-state index contributed by atoms with van der Waals surface area (Å²) in [5.41, 5.74) is 3.33. The van der Waals surface area contributed by atoms with Gasteiger partial charge in [0.05, 0.1) is 18.4 Å². The predicted molar refractivity (Wildman–Crippen MR) is 57.5 cm³/mol. The summed E-state index contributed by atoms with van der Waals surface area (Å²) in [5.74, 6) is 5.26. The number of hydrazine groups is 1. The van der Waals surface area contributed by atoms with Crippen LogP contribution in [-0.4, -0.2) is 21.0 Å². The van der Waals surface area contributed by atoms with E-state index in [2.05, 4.69) is 30.4 Å². The third-order valence-corrected chi connectivity index (χ3v) is 1.98. The molecular weight excluding hydrogens is 224 g/mol. The van der Waals surface area contributed by atoms with Gasteiger partial charge in [0.25, 0.3) is 5.91 Å². The number of nitrogens with one attached hydrogen (secondary N) is 2. The van der Waals surface area contributed by atoms with Gasteiger partial charge < -0.3 is 15.3 Å². The summed E-state index contributed by atoms with van der Waals surface area (Å²) < 4.78 is 4.53. The van der Waals surface area contributed by atoms with Gasteiger partial charge >= 0.3 is 0 Å². The molecule has 2 rings (SSSR count). The van der Waals surface area contributed by atoms with Gasteiger partial charge in [0.15, 0.2) is 5.82 Å². The minimum absolute atomic E-state index is 0.188. The van der Waals surface area contributed by atoms with Crippen molar-refractivity contribution in [3.8, 4) is 0 Å². The maximum atomic E-state index is 11.6. The molecule has 0 atom stereocenters. The van der Waals surface area contributed by atoms with E-state index in [1.165, 1.54) is 12.6 Å². The van der Waals surface area contributed by atoms with Crippen molar-refractivity contribution in [2.75, 3.05) is 5.43 Å². The number of rotatable bonds is 4. The third-order valence-electron chi connectivity index (χ3n) is 1.98. The average Bonchev–Trinajstić information content (AvgIpc) is 2.89. The molecule has 8 heteroatoms. The van der Waals surface area contributed by atoms with E-state index in [-0.39, 0.29) is 18.1 Å². The van der Waals surface area contributed by atoms with Crippen LogP contribution in [0.15, 0.2) is 29.2 Å². The number of nitrogens with two attached hydrogens (primary N) is 1. The summed E-state index contributed by atoms with van der Waals surface area (Å²) in [7, 11) is 0. The molecule has 1 amide bonds. The van der Waals surface area contributed by atoms with Crippen LogP contribution in [0.25, 0.3) is 0 Å². The summed E-state index contributed by atoms with van der Waals surface area (Å²) in [6.45, 7) is 0.188. The normalized spacial score (nSPS) is 9.94. The average molecular weight is 234 g/mol. The summed E-state index contributed by atoms with van der Waals surface area (Å²) in [6.07, 6.45) is 2.66. The zero-order valence-corrected chi connectivity index (χ0v) is 8.75. The van der Waals surface area contributed by atoms with Crippen molar-refractivity contribution in [3.63, 3.8) is 0 Å². The Morgan fingerprint density at radius 2 is 2.29 bits per heavy atom. The molecule has 4 N–H and O–H groups in total. The first-order chi connectivity index (χ1) is 8.29. The van der Waals surface area contributed by atoms with Gasteiger partial charge in [-0.1, -0.05) is 5.16 Å². The van der Waals surface area contributed by atoms with Crippen LogP contribution in [0.1, 0.15) is 16.3 Å². The van der Waals surface area contributed by atoms with Gasteiger partial charge in [0.1, 0.15) is 5.69 Å². The second-order valence-electron chi connectivity index (χ2n) is 3.11. The zero-order chi connectivity index (χ0) is 12.1. The van der Waals surface area contributed by atoms with Crippen LogP contribution < -0.4 is 16.6 Å². The molecule has 0 aromatic carbocycles. The maximum absolute atomic E-state index is 11.6. The van der Waals surface area contributed by atoms with Crippen molar-refractivity contribution >= 4 is 11.6 Å². The van der Waals surface area contributed by atoms with Gasteiger partial charge in [0.2, 0.25) is 6.39 Å². The number of carbonyl (C=O) groups is 1. The molecule has 0 saturated heterocycles. The van der Waals surface area contributed by atoms with E-state index < -0.39 is 0 Å². The van der Waals surface area contributed by atoms with Gasteiger partial charge in [-0.25, -0.2) is 4.98 Å². The SMILES string of the molecule is NNc1ccc(C(=O)NCc2ncon2)nc1. The van der Waals surface area contributed by atoms with Gasteiger partial charge in [-0.3, -0.25) is 10.6 Å². The van der Waals surface area contributed by atoms with Crippen LogP contribution in [0.4, 0.5) is 5.69 Å². The molecule has 0 spiro atoms. The highest BCUT2D eigenvalue weighted by Crippen LogP contribution is 2.03. The molecule has 88 valence electrons. The molecular formula is C9H10N6O2. The molecule has 2 heterocycles. The standard InChI is InChI=1S/C9H10N6O2/c10-14-6-1-2-7(11-3-6)9(16)12-4-8-13-5-17-15-8/h1-3,5,14H,4,10H2,(H,12,16). The van der Waals surface area contributed by atoms with Crippen molar-refractivity contribution in [2.45, 2.75) is 6.54 Å². The lowest BCUT2D eigenvalue weighted by Gasteiger charge is -2.03. The van der Waals surface area contributed by atoms with E-state index in [1.54, 1.807) is 12.1 Å². The zero-order valence-electron chi connectivity index (χ0n) is 8.75. The van der Waals surface area contributed by atoms with E-state index in [0.29, 0.717) is 11.5 Å². The number of carbonyl (C=O) groups excluding carboxylic acids is 1. The molecule has 17 heavy (non-hydrogen) atoms. The van der Waals surface area contributed by atoms with Crippen LogP contribution in [-0.2, 0) is 6.54 Å². The van der Waals surface area contributed by atoms with E-state index in [0.717, 1.165) is 0 Å². The van der Waals surface area contributed by atoms with Crippen LogP contribution in [0, 0.1) is 0 Å². The summed E-state index contributed by atoms with van der Waals surface area (Å²) in [6, 6.07) is 3.21. The lowest BCUT2D eigenvalue weighted by molar-refractivity contribution is 0.0944. The first-order valence-corrected chi connectivity index (χ1v) is 4.75. The first-order valence-electron chi connectivity index (χ1n) is 4.75. The first kappa shape index (κ1) is 11.0. The Balaban J connectivity index is 1.95. The Morgan fingerprint density at radius 1 is 1.41 bits per heavy atom. The molecule has 0 bridgehead atoms. The molecule has 0 unspecified atom stereocenters. The number of anilines is 1. The molecule has 0 radical (unpaired) electrons. The Hall–Kier alpha value is -2.48. The second kappa shape index (κ2) is 5.03. The number of hydrogen-bond acceptors (Lipinski definition) is 7. The number of hydrogen-bond donors (Lipinski definition) is 3. The molecule has 0 saturated carbocycles. The number of amides is 1. The molecule has 8 nitrogen and oxygen atoms in total. The Bertz CT molecular complexity index is 481. The van der Waals surface area contributed by atoms with E-state index in [4.69, 9.17) is 5.84 Å². The number of aromatic nitrogens is 3. The molecule has 2 aromatic heterocycles. The van der Waals surface area contributed by atoms with Crippen LogP contribution in [0.3, 0.4) is 0 Å². The van der Waals surface area contributed by atoms with Gasteiger partial charge in [-0.05, 0) is 12.1 Å². The highest BCUT2D eigenvalue weighted by atomic mass is 16.5. The molecule has 0 aliphatic heterocycles. The largest absolute Gasteiger partial charge is 0.343 e.